The molecule has 0 bridgehead atoms. The van der Waals surface area contributed by atoms with Crippen molar-refractivity contribution in [3.05, 3.63) is 35.3 Å². The van der Waals surface area contributed by atoms with E-state index in [9.17, 15) is 9.59 Å². The van der Waals surface area contributed by atoms with Crippen molar-refractivity contribution < 1.29 is 14.7 Å². The molecule has 0 saturated heterocycles. The molecule has 2 rings (SSSR count). The van der Waals surface area contributed by atoms with E-state index in [-0.39, 0.29) is 12.3 Å². The van der Waals surface area contributed by atoms with Crippen LogP contribution in [-0.2, 0) is 16.0 Å². The molecule has 0 aliphatic rings. The average molecular weight is 276 g/mol. The van der Waals surface area contributed by atoms with Gasteiger partial charge in [0.25, 0.3) is 0 Å². The Labute approximate surface area is 113 Å². The van der Waals surface area contributed by atoms with Gasteiger partial charge in [0.05, 0.1) is 17.8 Å². The SMILES string of the molecule is CC(=O)Nc1ccccc1-c1nc(CC(=O)O)cs1. The van der Waals surface area contributed by atoms with Crippen LogP contribution in [0.25, 0.3) is 10.6 Å². The van der Waals surface area contributed by atoms with E-state index in [4.69, 9.17) is 5.11 Å². The molecular formula is C13H12N2O3S. The maximum absolute atomic E-state index is 11.1. The Balaban J connectivity index is 2.33. The number of benzene rings is 1. The topological polar surface area (TPSA) is 79.3 Å². The van der Waals surface area contributed by atoms with E-state index in [1.165, 1.54) is 18.3 Å². The number of carboxylic acid groups (broad SMARTS) is 1. The van der Waals surface area contributed by atoms with Gasteiger partial charge in [0, 0.05) is 17.9 Å². The lowest BCUT2D eigenvalue weighted by Gasteiger charge is -2.06. The van der Waals surface area contributed by atoms with E-state index in [1.807, 2.05) is 18.2 Å². The van der Waals surface area contributed by atoms with Crippen LogP contribution in [-0.4, -0.2) is 22.0 Å². The quantitative estimate of drug-likeness (QED) is 0.898. The maximum atomic E-state index is 11.1. The Bertz CT molecular complexity index is 622. The van der Waals surface area contributed by atoms with E-state index < -0.39 is 5.97 Å². The Morgan fingerprint density at radius 3 is 2.79 bits per heavy atom. The molecule has 6 heteroatoms. The van der Waals surface area contributed by atoms with E-state index >= 15 is 0 Å². The van der Waals surface area contributed by atoms with Gasteiger partial charge in [0.2, 0.25) is 5.91 Å². The van der Waals surface area contributed by atoms with Gasteiger partial charge in [0.1, 0.15) is 5.01 Å². The van der Waals surface area contributed by atoms with Gasteiger partial charge in [-0.1, -0.05) is 12.1 Å². The van der Waals surface area contributed by atoms with Gasteiger partial charge in [0.15, 0.2) is 0 Å². The first-order chi connectivity index (χ1) is 9.06. The van der Waals surface area contributed by atoms with E-state index in [0.717, 1.165) is 5.56 Å². The number of para-hydroxylation sites is 1. The van der Waals surface area contributed by atoms with Gasteiger partial charge in [-0.2, -0.15) is 0 Å². The maximum Gasteiger partial charge on any atom is 0.309 e. The third-order valence-corrected chi connectivity index (χ3v) is 3.28. The summed E-state index contributed by atoms with van der Waals surface area (Å²) in [6.07, 6.45) is -0.0984. The number of amides is 1. The number of nitrogens with zero attached hydrogens (tertiary/aromatic N) is 1. The monoisotopic (exact) mass is 276 g/mol. The second kappa shape index (κ2) is 5.62. The predicted octanol–water partition coefficient (Wildman–Crippen LogP) is 2.40. The molecule has 1 amide bonds. The highest BCUT2D eigenvalue weighted by Crippen LogP contribution is 2.30. The highest BCUT2D eigenvalue weighted by Gasteiger charge is 2.11. The van der Waals surface area contributed by atoms with Crippen LogP contribution in [0, 0.1) is 0 Å². The van der Waals surface area contributed by atoms with Crippen LogP contribution in [0.5, 0.6) is 0 Å². The first-order valence-electron chi connectivity index (χ1n) is 5.59. The summed E-state index contributed by atoms with van der Waals surface area (Å²) in [7, 11) is 0. The standard InChI is InChI=1S/C13H12N2O3S/c1-8(16)14-11-5-3-2-4-10(11)13-15-9(7-19-13)6-12(17)18/h2-5,7H,6H2,1H3,(H,14,16)(H,17,18). The molecule has 0 unspecified atom stereocenters. The molecule has 0 aliphatic carbocycles. The minimum atomic E-state index is -0.910. The molecule has 0 fully saturated rings. The van der Waals surface area contributed by atoms with Gasteiger partial charge in [-0.25, -0.2) is 4.98 Å². The molecule has 5 nitrogen and oxygen atoms in total. The molecule has 1 heterocycles. The Hall–Kier alpha value is -2.21. The fourth-order valence-electron chi connectivity index (χ4n) is 1.64. The van der Waals surface area contributed by atoms with E-state index in [1.54, 1.807) is 11.4 Å². The minimum Gasteiger partial charge on any atom is -0.481 e. The number of anilines is 1. The van der Waals surface area contributed by atoms with Crippen molar-refractivity contribution in [2.24, 2.45) is 0 Å². The Morgan fingerprint density at radius 1 is 1.37 bits per heavy atom. The highest BCUT2D eigenvalue weighted by atomic mass is 32.1. The number of thiazole rings is 1. The molecule has 2 aromatic rings. The number of aromatic nitrogens is 1. The first kappa shape index (κ1) is 13.2. The summed E-state index contributed by atoms with van der Waals surface area (Å²) in [6.45, 7) is 1.44. The molecule has 0 saturated carbocycles. The fraction of sp³-hybridized carbons (Fsp3) is 0.154. The zero-order chi connectivity index (χ0) is 13.8. The van der Waals surface area contributed by atoms with Crippen LogP contribution < -0.4 is 5.32 Å². The number of hydrogen-bond donors (Lipinski definition) is 2. The number of rotatable bonds is 4. The van der Waals surface area contributed by atoms with Crippen molar-refractivity contribution in [2.75, 3.05) is 5.32 Å². The summed E-state index contributed by atoms with van der Waals surface area (Å²) in [5, 5.41) is 13.9. The Kier molecular flexibility index (Phi) is 3.91. The number of carboxylic acids is 1. The molecule has 0 atom stereocenters. The van der Waals surface area contributed by atoms with Crippen LogP contribution in [0.4, 0.5) is 5.69 Å². The largest absolute Gasteiger partial charge is 0.481 e. The van der Waals surface area contributed by atoms with Gasteiger partial charge < -0.3 is 10.4 Å². The zero-order valence-corrected chi connectivity index (χ0v) is 11.0. The first-order valence-corrected chi connectivity index (χ1v) is 6.47. The van der Waals surface area contributed by atoms with Crippen molar-refractivity contribution in [1.82, 2.24) is 4.98 Å². The molecule has 2 N–H and O–H groups in total. The molecule has 19 heavy (non-hydrogen) atoms. The summed E-state index contributed by atoms with van der Waals surface area (Å²) < 4.78 is 0. The molecule has 1 aromatic carbocycles. The van der Waals surface area contributed by atoms with Crippen LogP contribution in [0.1, 0.15) is 12.6 Å². The summed E-state index contributed by atoms with van der Waals surface area (Å²) in [5.74, 6) is -1.07. The molecule has 0 aliphatic heterocycles. The number of hydrogen-bond acceptors (Lipinski definition) is 4. The lowest BCUT2D eigenvalue weighted by molar-refractivity contribution is -0.136. The second-order valence-corrected chi connectivity index (χ2v) is 4.80. The molecule has 1 aromatic heterocycles. The Morgan fingerprint density at radius 2 is 2.11 bits per heavy atom. The van der Waals surface area contributed by atoms with Crippen LogP contribution >= 0.6 is 11.3 Å². The zero-order valence-electron chi connectivity index (χ0n) is 10.2. The minimum absolute atomic E-state index is 0.0984. The van der Waals surface area contributed by atoms with Crippen LogP contribution in [0.15, 0.2) is 29.6 Å². The lowest BCUT2D eigenvalue weighted by atomic mass is 10.2. The van der Waals surface area contributed by atoms with Crippen molar-refractivity contribution in [2.45, 2.75) is 13.3 Å². The third-order valence-electron chi connectivity index (χ3n) is 2.35. The van der Waals surface area contributed by atoms with Gasteiger partial charge in [-0.3, -0.25) is 9.59 Å². The van der Waals surface area contributed by atoms with Crippen molar-refractivity contribution >= 4 is 28.9 Å². The number of carbonyl (C=O) groups excluding carboxylic acids is 1. The lowest BCUT2D eigenvalue weighted by Crippen LogP contribution is -2.06. The van der Waals surface area contributed by atoms with Crippen molar-refractivity contribution in [1.29, 1.82) is 0 Å². The molecular weight excluding hydrogens is 264 g/mol. The van der Waals surface area contributed by atoms with E-state index in [0.29, 0.717) is 16.4 Å². The summed E-state index contributed by atoms with van der Waals surface area (Å²) in [6, 6.07) is 7.29. The number of aliphatic carboxylic acids is 1. The second-order valence-electron chi connectivity index (χ2n) is 3.94. The predicted molar refractivity (Wildman–Crippen MR) is 73.2 cm³/mol. The van der Waals surface area contributed by atoms with Crippen molar-refractivity contribution in [3.63, 3.8) is 0 Å². The van der Waals surface area contributed by atoms with Gasteiger partial charge in [-0.15, -0.1) is 11.3 Å². The fourth-order valence-corrected chi connectivity index (χ4v) is 2.49. The third kappa shape index (κ3) is 3.38. The van der Waals surface area contributed by atoms with Gasteiger partial charge >= 0.3 is 5.97 Å². The smallest absolute Gasteiger partial charge is 0.309 e. The molecule has 0 spiro atoms. The van der Waals surface area contributed by atoms with E-state index in [2.05, 4.69) is 10.3 Å². The number of nitrogens with one attached hydrogen (secondary N) is 1. The van der Waals surface area contributed by atoms with Crippen LogP contribution in [0.3, 0.4) is 0 Å². The molecule has 98 valence electrons. The molecule has 0 radical (unpaired) electrons. The van der Waals surface area contributed by atoms with Gasteiger partial charge in [-0.05, 0) is 12.1 Å². The summed E-state index contributed by atoms with van der Waals surface area (Å²) >= 11 is 1.36. The summed E-state index contributed by atoms with van der Waals surface area (Å²) in [5.41, 5.74) is 1.98. The normalized spacial score (nSPS) is 10.2. The van der Waals surface area contributed by atoms with Crippen LogP contribution in [0.2, 0.25) is 0 Å². The highest BCUT2D eigenvalue weighted by molar-refractivity contribution is 7.13. The number of carbonyl (C=O) groups is 2. The van der Waals surface area contributed by atoms with Crippen molar-refractivity contribution in [3.8, 4) is 10.6 Å². The average Bonchev–Trinajstić information content (AvgIpc) is 2.76. The summed E-state index contributed by atoms with van der Waals surface area (Å²) in [4.78, 5) is 26.1.